The number of anilines is 1. The van der Waals surface area contributed by atoms with Gasteiger partial charge in [0.05, 0.1) is 17.8 Å². The molecule has 0 aliphatic rings. The Balaban J connectivity index is 1.62. The van der Waals surface area contributed by atoms with E-state index in [0.717, 1.165) is 30.9 Å². The van der Waals surface area contributed by atoms with Gasteiger partial charge in [-0.05, 0) is 34.1 Å². The van der Waals surface area contributed by atoms with Crippen molar-refractivity contribution in [2.45, 2.75) is 0 Å². The Morgan fingerprint density at radius 3 is 2.88 bits per heavy atom. The van der Waals surface area contributed by atoms with Crippen LogP contribution in [0.5, 0.6) is 5.75 Å². The average Bonchev–Trinajstić information content (AvgIpc) is 2.99. The molecule has 0 fully saturated rings. The number of methoxy groups -OCH3 is 1. The summed E-state index contributed by atoms with van der Waals surface area (Å²) in [5.74, 6) is 0.984. The van der Waals surface area contributed by atoms with Crippen molar-refractivity contribution in [2.24, 2.45) is 5.10 Å². The Hall–Kier alpha value is -2.52. The van der Waals surface area contributed by atoms with Crippen LogP contribution in [0, 0.1) is 0 Å². The number of aromatic amines is 1. The molecule has 0 aliphatic heterocycles. The minimum atomic E-state index is 0.299. The third-order valence-electron chi connectivity index (χ3n) is 3.73. The zero-order chi connectivity index (χ0) is 18.1. The molecule has 26 heavy (non-hydrogen) atoms. The van der Waals surface area contributed by atoms with Gasteiger partial charge < -0.3 is 9.72 Å². The molecule has 0 radical (unpaired) electrons. The smallest absolute Gasteiger partial charge is 0.265 e. The maximum atomic E-state index is 5.39. The quantitative estimate of drug-likeness (QED) is 0.335. The fourth-order valence-electron chi connectivity index (χ4n) is 2.62. The third-order valence-corrected chi connectivity index (χ3v) is 4.78. The molecule has 0 atom stereocenters. The van der Waals surface area contributed by atoms with Crippen LogP contribution in [0.4, 0.5) is 5.95 Å². The highest BCUT2D eigenvalue weighted by Gasteiger charge is 2.09. The molecule has 2 aromatic carbocycles. The first-order valence-corrected chi connectivity index (χ1v) is 9.17. The van der Waals surface area contributed by atoms with Crippen molar-refractivity contribution >= 4 is 66.1 Å². The molecule has 0 amide bonds. The lowest BCUT2D eigenvalue weighted by atomic mass is 10.2. The van der Waals surface area contributed by atoms with Gasteiger partial charge in [0.25, 0.3) is 5.95 Å². The van der Waals surface area contributed by atoms with Gasteiger partial charge in [-0.15, -0.1) is 10.2 Å². The first kappa shape index (κ1) is 16.9. The molecular formula is C17H12Br2N6O. The highest BCUT2D eigenvalue weighted by molar-refractivity contribution is 9.11. The van der Waals surface area contributed by atoms with Gasteiger partial charge in [-0.3, -0.25) is 0 Å². The Kier molecular flexibility index (Phi) is 4.56. The number of benzene rings is 2. The minimum Gasteiger partial charge on any atom is -0.495 e. The predicted octanol–water partition coefficient (Wildman–Crippen LogP) is 4.49. The highest BCUT2D eigenvalue weighted by atomic mass is 79.9. The number of halogens is 2. The fraction of sp³-hybridized carbons (Fsp3) is 0.0588. The van der Waals surface area contributed by atoms with Crippen molar-refractivity contribution in [1.82, 2.24) is 20.2 Å². The molecule has 0 saturated carbocycles. The number of fused-ring (bicyclic) bond motifs is 3. The van der Waals surface area contributed by atoms with E-state index in [9.17, 15) is 0 Å². The highest BCUT2D eigenvalue weighted by Crippen LogP contribution is 2.31. The van der Waals surface area contributed by atoms with E-state index in [2.05, 4.69) is 62.6 Å². The van der Waals surface area contributed by atoms with Gasteiger partial charge in [0, 0.05) is 20.9 Å². The first-order chi connectivity index (χ1) is 12.7. The lowest BCUT2D eigenvalue weighted by molar-refractivity contribution is 0.411. The third kappa shape index (κ3) is 3.15. The van der Waals surface area contributed by atoms with Gasteiger partial charge >= 0.3 is 0 Å². The van der Waals surface area contributed by atoms with Crippen LogP contribution >= 0.6 is 31.9 Å². The largest absolute Gasteiger partial charge is 0.495 e. The second kappa shape index (κ2) is 7.00. The van der Waals surface area contributed by atoms with Crippen LogP contribution in [0.3, 0.4) is 0 Å². The molecule has 0 bridgehead atoms. The summed E-state index contributed by atoms with van der Waals surface area (Å²) in [5.41, 5.74) is 5.94. The second-order valence-electron chi connectivity index (χ2n) is 5.38. The number of ether oxygens (including phenoxy) is 1. The van der Waals surface area contributed by atoms with Gasteiger partial charge in [-0.25, -0.2) is 5.43 Å². The molecule has 4 rings (SSSR count). The number of hydrazone groups is 1. The monoisotopic (exact) mass is 474 g/mol. The Morgan fingerprint density at radius 1 is 1.19 bits per heavy atom. The van der Waals surface area contributed by atoms with Crippen LogP contribution < -0.4 is 10.2 Å². The van der Waals surface area contributed by atoms with Crippen LogP contribution in [0.15, 0.2) is 50.4 Å². The van der Waals surface area contributed by atoms with Gasteiger partial charge in [-0.2, -0.15) is 10.1 Å². The number of nitrogens with one attached hydrogen (secondary N) is 2. The van der Waals surface area contributed by atoms with Crippen molar-refractivity contribution in [3.8, 4) is 5.75 Å². The van der Waals surface area contributed by atoms with E-state index in [4.69, 9.17) is 4.74 Å². The normalized spacial score (nSPS) is 11.5. The molecule has 0 spiro atoms. The van der Waals surface area contributed by atoms with Gasteiger partial charge in [0.1, 0.15) is 11.3 Å². The number of nitrogens with zero attached hydrogens (tertiary/aromatic N) is 4. The lowest BCUT2D eigenvalue weighted by Crippen LogP contribution is -2.00. The van der Waals surface area contributed by atoms with E-state index in [0.29, 0.717) is 17.3 Å². The van der Waals surface area contributed by atoms with Gasteiger partial charge in [-0.1, -0.05) is 34.1 Å². The maximum Gasteiger partial charge on any atom is 0.265 e. The summed E-state index contributed by atoms with van der Waals surface area (Å²) >= 11 is 6.91. The number of para-hydroxylation sites is 1. The molecule has 0 unspecified atom stereocenters. The van der Waals surface area contributed by atoms with Gasteiger partial charge in [0.15, 0.2) is 5.65 Å². The number of H-pyrrole nitrogens is 1. The molecule has 9 heteroatoms. The fourth-order valence-corrected chi connectivity index (χ4v) is 4.04. The standard InChI is InChI=1S/C17H12Br2N6O/c1-26-15-9(6-10(18)7-12(15)19)8-20-24-17-22-16-14(23-25-17)11-4-2-3-5-13(11)21-16/h2-8H,1H3,(H2,21,22,24,25)/b20-8-. The number of aromatic nitrogens is 4. The summed E-state index contributed by atoms with van der Waals surface area (Å²) in [6, 6.07) is 11.7. The molecule has 2 heterocycles. The molecule has 0 aliphatic carbocycles. The zero-order valence-corrected chi connectivity index (χ0v) is 16.7. The molecular weight excluding hydrogens is 464 g/mol. The lowest BCUT2D eigenvalue weighted by Gasteiger charge is -2.07. The summed E-state index contributed by atoms with van der Waals surface area (Å²) in [7, 11) is 1.61. The molecule has 2 aromatic heterocycles. The summed E-state index contributed by atoms with van der Waals surface area (Å²) in [5, 5.41) is 13.5. The Morgan fingerprint density at radius 2 is 2.04 bits per heavy atom. The molecule has 130 valence electrons. The number of hydrogen-bond acceptors (Lipinski definition) is 6. The van der Waals surface area contributed by atoms with Gasteiger partial charge in [0.2, 0.25) is 0 Å². The van der Waals surface area contributed by atoms with Crippen molar-refractivity contribution in [2.75, 3.05) is 12.5 Å². The van der Waals surface area contributed by atoms with Crippen molar-refractivity contribution in [3.05, 3.63) is 50.9 Å². The molecule has 7 nitrogen and oxygen atoms in total. The van der Waals surface area contributed by atoms with Crippen molar-refractivity contribution in [1.29, 1.82) is 0 Å². The van der Waals surface area contributed by atoms with Crippen LogP contribution in [-0.2, 0) is 0 Å². The predicted molar refractivity (Wildman–Crippen MR) is 109 cm³/mol. The SMILES string of the molecule is COc1c(Br)cc(Br)cc1/C=N\Nc1nnc2c(n1)[nH]c1ccccc12. The van der Waals surface area contributed by atoms with Crippen LogP contribution in [0.25, 0.3) is 22.1 Å². The van der Waals surface area contributed by atoms with E-state index >= 15 is 0 Å². The molecule has 2 N–H and O–H groups in total. The van der Waals surface area contributed by atoms with Crippen LogP contribution in [0.2, 0.25) is 0 Å². The van der Waals surface area contributed by atoms with E-state index < -0.39 is 0 Å². The molecule has 4 aromatic rings. The maximum absolute atomic E-state index is 5.39. The average molecular weight is 476 g/mol. The summed E-state index contributed by atoms with van der Waals surface area (Å²) in [4.78, 5) is 7.64. The second-order valence-corrected chi connectivity index (χ2v) is 7.15. The van der Waals surface area contributed by atoms with Crippen molar-refractivity contribution < 1.29 is 4.74 Å². The zero-order valence-electron chi connectivity index (χ0n) is 13.5. The van der Waals surface area contributed by atoms with Crippen LogP contribution in [0.1, 0.15) is 5.56 Å². The van der Waals surface area contributed by atoms with E-state index in [1.807, 2.05) is 36.4 Å². The van der Waals surface area contributed by atoms with E-state index in [1.165, 1.54) is 0 Å². The van der Waals surface area contributed by atoms with E-state index in [1.54, 1.807) is 13.3 Å². The summed E-state index contributed by atoms with van der Waals surface area (Å²) in [6.07, 6.45) is 1.63. The van der Waals surface area contributed by atoms with E-state index in [-0.39, 0.29) is 0 Å². The topological polar surface area (TPSA) is 88.1 Å². The number of rotatable bonds is 4. The molecule has 0 saturated heterocycles. The summed E-state index contributed by atoms with van der Waals surface area (Å²) in [6.45, 7) is 0. The Labute approximate surface area is 165 Å². The first-order valence-electron chi connectivity index (χ1n) is 7.59. The minimum absolute atomic E-state index is 0.299. The Bertz CT molecular complexity index is 1140. The summed E-state index contributed by atoms with van der Waals surface area (Å²) < 4.78 is 7.12. The van der Waals surface area contributed by atoms with Crippen LogP contribution in [-0.4, -0.2) is 33.5 Å². The number of hydrogen-bond donors (Lipinski definition) is 2. The van der Waals surface area contributed by atoms with Crippen molar-refractivity contribution in [3.63, 3.8) is 0 Å².